The van der Waals surface area contributed by atoms with Crippen LogP contribution in [0.1, 0.15) is 25.2 Å². The van der Waals surface area contributed by atoms with Gasteiger partial charge < -0.3 is 9.72 Å². The number of hydrogen-bond acceptors (Lipinski definition) is 5. The van der Waals surface area contributed by atoms with Gasteiger partial charge in [0.15, 0.2) is 5.65 Å². The number of fused-ring (bicyclic) bond motifs is 1. The van der Waals surface area contributed by atoms with Crippen LogP contribution in [0.3, 0.4) is 0 Å². The van der Waals surface area contributed by atoms with E-state index in [1.165, 1.54) is 24.4 Å². The van der Waals surface area contributed by atoms with Gasteiger partial charge in [0, 0.05) is 12.8 Å². The summed E-state index contributed by atoms with van der Waals surface area (Å²) >= 11 is 0. The highest BCUT2D eigenvalue weighted by atomic mass is 19.4. The highest BCUT2D eigenvalue weighted by Gasteiger charge is 2.34. The third kappa shape index (κ3) is 4.30. The molecule has 6 nitrogen and oxygen atoms in total. The number of hydrogen-bond donors (Lipinski definition) is 1. The van der Waals surface area contributed by atoms with E-state index >= 15 is 0 Å². The molecule has 1 N–H and O–H groups in total. The average molecular weight is 378 g/mol. The molecule has 27 heavy (non-hydrogen) atoms. The Morgan fingerprint density at radius 3 is 2.67 bits per heavy atom. The molecule has 0 aromatic carbocycles. The molecular weight excluding hydrogens is 361 g/mol. The number of alkyl halides is 3. The number of nitrogens with one attached hydrogen (secondary N) is 1. The number of aromatic amines is 1. The molecule has 0 radical (unpaired) electrons. The average Bonchev–Trinajstić information content (AvgIpc) is 2.60. The Morgan fingerprint density at radius 1 is 1.19 bits per heavy atom. The maximum atomic E-state index is 13.2. The van der Waals surface area contributed by atoms with Crippen LogP contribution >= 0.6 is 0 Å². The van der Waals surface area contributed by atoms with E-state index in [0.717, 1.165) is 6.07 Å². The summed E-state index contributed by atoms with van der Waals surface area (Å²) in [5.74, 6) is 0.571. The molecule has 0 aliphatic rings. The number of ether oxygens (including phenoxy) is 1. The summed E-state index contributed by atoms with van der Waals surface area (Å²) in [6.45, 7) is 4.52. The van der Waals surface area contributed by atoms with Gasteiger partial charge in [-0.2, -0.15) is 13.2 Å². The van der Waals surface area contributed by atoms with Gasteiger partial charge in [-0.3, -0.25) is 9.78 Å². The molecule has 3 aromatic rings. The lowest BCUT2D eigenvalue weighted by Gasteiger charge is -2.11. The van der Waals surface area contributed by atoms with Crippen LogP contribution in [0, 0.1) is 5.92 Å². The maximum Gasteiger partial charge on any atom is 0.418 e. The second-order valence-electron chi connectivity index (χ2n) is 6.39. The fraction of sp³-hybridized carbons (Fsp3) is 0.333. The molecule has 0 saturated heterocycles. The normalized spacial score (nSPS) is 12.1. The summed E-state index contributed by atoms with van der Waals surface area (Å²) in [4.78, 5) is 26.9. The molecule has 3 rings (SSSR count). The molecule has 3 heterocycles. The van der Waals surface area contributed by atoms with Crippen molar-refractivity contribution in [3.63, 3.8) is 0 Å². The van der Waals surface area contributed by atoms with Gasteiger partial charge in [-0.25, -0.2) is 9.97 Å². The van der Waals surface area contributed by atoms with Gasteiger partial charge in [-0.05, 0) is 30.2 Å². The van der Waals surface area contributed by atoms with E-state index in [-0.39, 0.29) is 34.9 Å². The van der Waals surface area contributed by atoms with Gasteiger partial charge in [0.1, 0.15) is 18.1 Å². The molecule has 0 unspecified atom stereocenters. The lowest BCUT2D eigenvalue weighted by atomic mass is 10.1. The quantitative estimate of drug-likeness (QED) is 0.734. The van der Waals surface area contributed by atoms with Crippen molar-refractivity contribution in [2.75, 3.05) is 6.61 Å². The van der Waals surface area contributed by atoms with E-state index in [1.807, 2.05) is 13.8 Å². The van der Waals surface area contributed by atoms with Crippen LogP contribution < -0.4 is 5.56 Å². The van der Waals surface area contributed by atoms with Gasteiger partial charge >= 0.3 is 6.18 Å². The van der Waals surface area contributed by atoms with Gasteiger partial charge in [0.2, 0.25) is 0 Å². The lowest BCUT2D eigenvalue weighted by Crippen LogP contribution is -2.15. The number of halogens is 3. The molecular formula is C18H17F3N4O2. The first-order chi connectivity index (χ1) is 12.8. The van der Waals surface area contributed by atoms with Crippen LogP contribution in [0.2, 0.25) is 0 Å². The summed E-state index contributed by atoms with van der Waals surface area (Å²) < 4.78 is 45.1. The zero-order valence-electron chi connectivity index (χ0n) is 14.7. The summed E-state index contributed by atoms with van der Waals surface area (Å²) in [6, 6.07) is 4.86. The van der Waals surface area contributed by atoms with Crippen molar-refractivity contribution >= 4 is 11.0 Å². The van der Waals surface area contributed by atoms with E-state index < -0.39 is 17.3 Å². The van der Waals surface area contributed by atoms with Crippen LogP contribution in [0.15, 0.2) is 35.3 Å². The van der Waals surface area contributed by atoms with Crippen molar-refractivity contribution in [1.82, 2.24) is 19.9 Å². The molecule has 9 heteroatoms. The van der Waals surface area contributed by atoms with E-state index in [4.69, 9.17) is 4.74 Å². The van der Waals surface area contributed by atoms with Crippen molar-refractivity contribution in [1.29, 1.82) is 0 Å². The van der Waals surface area contributed by atoms with Crippen molar-refractivity contribution in [3.05, 3.63) is 52.2 Å². The van der Waals surface area contributed by atoms with Crippen molar-refractivity contribution < 1.29 is 17.9 Å². The number of aromatic nitrogens is 4. The fourth-order valence-electron chi connectivity index (χ4n) is 2.49. The third-order valence-corrected chi connectivity index (χ3v) is 3.66. The zero-order chi connectivity index (χ0) is 19.6. The summed E-state index contributed by atoms with van der Waals surface area (Å²) in [5, 5.41) is 0.177. The molecule has 0 bridgehead atoms. The van der Waals surface area contributed by atoms with Crippen LogP contribution in [-0.2, 0) is 17.5 Å². The summed E-state index contributed by atoms with van der Waals surface area (Å²) in [6.07, 6.45) is -3.31. The molecule has 0 aliphatic heterocycles. The number of H-pyrrole nitrogens is 1. The lowest BCUT2D eigenvalue weighted by molar-refractivity contribution is -0.137. The summed E-state index contributed by atoms with van der Waals surface area (Å²) in [7, 11) is 0. The predicted molar refractivity (Wildman–Crippen MR) is 92.9 cm³/mol. The monoisotopic (exact) mass is 378 g/mol. The number of nitrogens with zero attached hydrogens (tertiary/aromatic N) is 3. The Labute approximate surface area is 152 Å². The van der Waals surface area contributed by atoms with E-state index in [2.05, 4.69) is 19.9 Å². The van der Waals surface area contributed by atoms with Gasteiger partial charge in [-0.1, -0.05) is 13.8 Å². The second-order valence-corrected chi connectivity index (χ2v) is 6.39. The zero-order valence-corrected chi connectivity index (χ0v) is 14.7. The SMILES string of the molecule is CC(C)COCc1nc2nc(-c3ncccc3C(F)(F)F)ccc2c(=O)[nH]1. The Hall–Kier alpha value is -2.81. The minimum atomic E-state index is -4.57. The molecule has 0 saturated carbocycles. The Bertz CT molecular complexity index is 1020. The standard InChI is InChI=1S/C18H17F3N4O2/c1-10(2)8-27-9-14-24-16-11(17(26)25-14)5-6-13(23-16)15-12(18(19,20)21)4-3-7-22-15/h3-7,10H,8-9H2,1-2H3,(H,23,24,25,26). The Balaban J connectivity index is 2.04. The highest BCUT2D eigenvalue weighted by molar-refractivity contribution is 5.77. The maximum absolute atomic E-state index is 13.2. The first kappa shape index (κ1) is 19.0. The highest BCUT2D eigenvalue weighted by Crippen LogP contribution is 2.35. The number of pyridine rings is 2. The minimum Gasteiger partial charge on any atom is -0.373 e. The Kier molecular flexibility index (Phi) is 5.22. The number of rotatable bonds is 5. The summed E-state index contributed by atoms with van der Waals surface area (Å²) in [5.41, 5.74) is -1.62. The minimum absolute atomic E-state index is 0.0115. The molecule has 3 aromatic heterocycles. The first-order valence-corrected chi connectivity index (χ1v) is 8.26. The fourth-order valence-corrected chi connectivity index (χ4v) is 2.49. The van der Waals surface area contributed by atoms with E-state index in [0.29, 0.717) is 12.5 Å². The van der Waals surface area contributed by atoms with Gasteiger partial charge in [0.05, 0.1) is 16.6 Å². The first-order valence-electron chi connectivity index (χ1n) is 8.26. The van der Waals surface area contributed by atoms with Crippen LogP contribution in [0.4, 0.5) is 13.2 Å². The molecule has 142 valence electrons. The molecule has 0 fully saturated rings. The molecule has 0 aliphatic carbocycles. The van der Waals surface area contributed by atoms with E-state index in [1.54, 1.807) is 0 Å². The van der Waals surface area contributed by atoms with E-state index in [9.17, 15) is 18.0 Å². The van der Waals surface area contributed by atoms with Gasteiger partial charge in [0.25, 0.3) is 5.56 Å². The van der Waals surface area contributed by atoms with Crippen LogP contribution in [0.5, 0.6) is 0 Å². The van der Waals surface area contributed by atoms with Crippen molar-refractivity contribution in [2.24, 2.45) is 5.92 Å². The largest absolute Gasteiger partial charge is 0.418 e. The van der Waals surface area contributed by atoms with Crippen LogP contribution in [-0.4, -0.2) is 26.5 Å². The van der Waals surface area contributed by atoms with Crippen molar-refractivity contribution in [2.45, 2.75) is 26.6 Å². The second kappa shape index (κ2) is 7.43. The molecule has 0 amide bonds. The predicted octanol–water partition coefficient (Wildman–Crippen LogP) is 3.57. The molecule has 0 spiro atoms. The van der Waals surface area contributed by atoms with Crippen LogP contribution in [0.25, 0.3) is 22.4 Å². The topological polar surface area (TPSA) is 80.8 Å². The smallest absolute Gasteiger partial charge is 0.373 e. The Morgan fingerprint density at radius 2 is 1.96 bits per heavy atom. The molecule has 0 atom stereocenters. The third-order valence-electron chi connectivity index (χ3n) is 3.66. The van der Waals surface area contributed by atoms with Crippen molar-refractivity contribution in [3.8, 4) is 11.4 Å². The van der Waals surface area contributed by atoms with Gasteiger partial charge in [-0.15, -0.1) is 0 Å².